The number of allylic oxidation sites excluding steroid dienone is 1. The first-order valence-electron chi connectivity index (χ1n) is 3.34. The van der Waals surface area contributed by atoms with E-state index in [1.165, 1.54) is 0 Å². The Hall–Kier alpha value is -1.50. The van der Waals surface area contributed by atoms with E-state index in [1.54, 1.807) is 6.08 Å². The van der Waals surface area contributed by atoms with E-state index in [-0.39, 0.29) is 5.76 Å². The van der Waals surface area contributed by atoms with Crippen molar-refractivity contribution in [1.82, 2.24) is 0 Å². The summed E-state index contributed by atoms with van der Waals surface area (Å²) in [5.41, 5.74) is 0. The Kier molecular flexibility index (Phi) is 2.12. The lowest BCUT2D eigenvalue weighted by Crippen LogP contribution is -2.21. The minimum Gasteiger partial charge on any atom is -0.509 e. The van der Waals surface area contributed by atoms with E-state index in [2.05, 4.69) is 13.2 Å². The molecule has 0 unspecified atom stereocenters. The molecule has 0 heterocycles. The Morgan fingerprint density at radius 1 is 1.36 bits per heavy atom. The van der Waals surface area contributed by atoms with Crippen LogP contribution >= 0.6 is 0 Å². The molecule has 0 atom stereocenters. The molecule has 1 rings (SSSR count). The molecule has 0 aliphatic carbocycles. The van der Waals surface area contributed by atoms with E-state index in [0.717, 1.165) is 10.4 Å². The van der Waals surface area contributed by atoms with Gasteiger partial charge in [-0.25, -0.2) is 0 Å². The first-order valence-corrected chi connectivity index (χ1v) is 3.34. The summed E-state index contributed by atoms with van der Waals surface area (Å²) >= 11 is 0. The van der Waals surface area contributed by atoms with Gasteiger partial charge in [-0.1, -0.05) is 37.4 Å². The quantitative estimate of drug-likeness (QED) is 0.585. The van der Waals surface area contributed by atoms with Crippen LogP contribution < -0.4 is 10.4 Å². The van der Waals surface area contributed by atoms with Crippen LogP contribution in [-0.4, -0.2) is 5.11 Å². The zero-order valence-corrected chi connectivity index (χ0v) is 6.25. The predicted molar refractivity (Wildman–Crippen MR) is 47.4 cm³/mol. The summed E-state index contributed by atoms with van der Waals surface area (Å²) in [7, 11) is 0. The molecule has 1 nitrogen and oxygen atoms in total. The monoisotopic (exact) mass is 146 g/mol. The van der Waals surface area contributed by atoms with E-state index < -0.39 is 0 Å². The molecule has 0 fully saturated rings. The van der Waals surface area contributed by atoms with Crippen LogP contribution in [0.15, 0.2) is 36.6 Å². The fourth-order valence-electron chi connectivity index (χ4n) is 0.855. The Morgan fingerprint density at radius 3 is 2.55 bits per heavy atom. The van der Waals surface area contributed by atoms with Crippen LogP contribution in [0.2, 0.25) is 0 Å². The van der Waals surface area contributed by atoms with Crippen LogP contribution in [0.3, 0.4) is 0 Å². The van der Waals surface area contributed by atoms with Gasteiger partial charge in [-0.2, -0.15) is 0 Å². The molecule has 0 aromatic heterocycles. The maximum Gasteiger partial charge on any atom is 0.109 e. The average molecular weight is 146 g/mol. The van der Waals surface area contributed by atoms with Crippen molar-refractivity contribution in [2.45, 2.75) is 0 Å². The van der Waals surface area contributed by atoms with Gasteiger partial charge in [0, 0.05) is 0 Å². The summed E-state index contributed by atoms with van der Waals surface area (Å²) in [6.45, 7) is 7.15. The van der Waals surface area contributed by atoms with Crippen molar-refractivity contribution in [3.05, 3.63) is 47.0 Å². The fourth-order valence-corrected chi connectivity index (χ4v) is 0.855. The van der Waals surface area contributed by atoms with E-state index in [4.69, 9.17) is 5.11 Å². The highest BCUT2D eigenvalue weighted by atomic mass is 16.3. The molecule has 0 spiro atoms. The van der Waals surface area contributed by atoms with Crippen molar-refractivity contribution in [1.29, 1.82) is 0 Å². The minimum absolute atomic E-state index is 0.0566. The normalized spacial score (nSPS) is 11.5. The highest BCUT2D eigenvalue weighted by molar-refractivity contribution is 5.40. The van der Waals surface area contributed by atoms with Crippen molar-refractivity contribution in [3.8, 4) is 0 Å². The number of aliphatic hydroxyl groups is 1. The predicted octanol–water partition coefficient (Wildman–Crippen LogP) is 0.949. The largest absolute Gasteiger partial charge is 0.509 e. The Labute approximate surface area is 65.6 Å². The van der Waals surface area contributed by atoms with Crippen molar-refractivity contribution < 1.29 is 5.11 Å². The summed E-state index contributed by atoms with van der Waals surface area (Å²) in [5.74, 6) is 0.0566. The number of hydrogen-bond acceptors (Lipinski definition) is 1. The molecule has 1 aromatic rings. The second-order valence-corrected chi connectivity index (χ2v) is 2.33. The summed E-state index contributed by atoms with van der Waals surface area (Å²) < 4.78 is 0. The molecule has 0 bridgehead atoms. The molecule has 0 aliphatic rings. The number of aliphatic hydroxyl groups excluding tert-OH is 1. The second kappa shape index (κ2) is 3.06. The molecule has 0 saturated heterocycles. The molecular formula is C10H10O. The van der Waals surface area contributed by atoms with E-state index in [1.807, 2.05) is 24.3 Å². The Balaban J connectivity index is 3.36. The molecule has 0 amide bonds. The fraction of sp³-hybridized carbons (Fsp3) is 0. The highest BCUT2D eigenvalue weighted by Crippen LogP contribution is 1.80. The van der Waals surface area contributed by atoms with Crippen molar-refractivity contribution in [2.24, 2.45) is 0 Å². The molecule has 0 radical (unpaired) electrons. The molecule has 0 aliphatic heterocycles. The average Bonchev–Trinajstić information content (AvgIpc) is 1.93. The summed E-state index contributed by atoms with van der Waals surface area (Å²) in [5, 5.41) is 10.6. The van der Waals surface area contributed by atoms with Gasteiger partial charge in [0.1, 0.15) is 5.76 Å². The van der Waals surface area contributed by atoms with Crippen LogP contribution in [0.5, 0.6) is 0 Å². The van der Waals surface area contributed by atoms with Gasteiger partial charge in [0.2, 0.25) is 0 Å². The SMILES string of the molecule is C=C(O)/C=c1/ccccc1=C. The van der Waals surface area contributed by atoms with Gasteiger partial charge in [-0.05, 0) is 16.5 Å². The van der Waals surface area contributed by atoms with Gasteiger partial charge in [0.15, 0.2) is 0 Å². The van der Waals surface area contributed by atoms with E-state index >= 15 is 0 Å². The molecule has 1 aromatic carbocycles. The van der Waals surface area contributed by atoms with Crippen molar-refractivity contribution >= 4 is 12.7 Å². The van der Waals surface area contributed by atoms with Crippen molar-refractivity contribution in [3.63, 3.8) is 0 Å². The molecule has 0 saturated carbocycles. The van der Waals surface area contributed by atoms with Gasteiger partial charge in [0.25, 0.3) is 0 Å². The maximum atomic E-state index is 8.85. The third-order valence-electron chi connectivity index (χ3n) is 1.38. The molecule has 1 N–H and O–H groups in total. The van der Waals surface area contributed by atoms with Crippen LogP contribution in [-0.2, 0) is 0 Å². The molecule has 56 valence electrons. The van der Waals surface area contributed by atoms with Gasteiger partial charge >= 0.3 is 0 Å². The van der Waals surface area contributed by atoms with Crippen LogP contribution in [0.1, 0.15) is 0 Å². The van der Waals surface area contributed by atoms with Gasteiger partial charge in [-0.15, -0.1) is 0 Å². The van der Waals surface area contributed by atoms with E-state index in [0.29, 0.717) is 0 Å². The summed E-state index contributed by atoms with van der Waals surface area (Å²) in [6, 6.07) is 7.56. The lowest BCUT2D eigenvalue weighted by atomic mass is 10.2. The molecule has 1 heteroatoms. The molecular weight excluding hydrogens is 136 g/mol. The Bertz CT molecular complexity index is 363. The van der Waals surface area contributed by atoms with Gasteiger partial charge < -0.3 is 5.11 Å². The van der Waals surface area contributed by atoms with Crippen LogP contribution in [0.25, 0.3) is 12.7 Å². The summed E-state index contributed by atoms with van der Waals surface area (Å²) in [4.78, 5) is 0. The standard InChI is InChI=1S/C10H10O/c1-8-5-3-4-6-10(8)7-9(2)11/h3-7,11H,1-2H2/b10-7-. The lowest BCUT2D eigenvalue weighted by molar-refractivity contribution is 0.444. The van der Waals surface area contributed by atoms with E-state index in [9.17, 15) is 0 Å². The first kappa shape index (κ1) is 7.61. The number of hydrogen-bond donors (Lipinski definition) is 1. The topological polar surface area (TPSA) is 20.2 Å². The lowest BCUT2D eigenvalue weighted by Gasteiger charge is -1.87. The highest BCUT2D eigenvalue weighted by Gasteiger charge is 1.81. The maximum absolute atomic E-state index is 8.85. The molecule has 11 heavy (non-hydrogen) atoms. The number of benzene rings is 1. The Morgan fingerprint density at radius 2 is 2.00 bits per heavy atom. The first-order chi connectivity index (χ1) is 5.20. The van der Waals surface area contributed by atoms with Gasteiger partial charge in [-0.3, -0.25) is 0 Å². The van der Waals surface area contributed by atoms with Crippen molar-refractivity contribution in [2.75, 3.05) is 0 Å². The zero-order valence-electron chi connectivity index (χ0n) is 6.25. The van der Waals surface area contributed by atoms with Crippen LogP contribution in [0, 0.1) is 0 Å². The third kappa shape index (κ3) is 1.97. The minimum atomic E-state index is 0.0566. The second-order valence-electron chi connectivity index (χ2n) is 2.33. The smallest absolute Gasteiger partial charge is 0.109 e. The summed E-state index contributed by atoms with van der Waals surface area (Å²) in [6.07, 6.45) is 1.59. The number of rotatable bonds is 1. The van der Waals surface area contributed by atoms with Crippen LogP contribution in [0.4, 0.5) is 0 Å². The van der Waals surface area contributed by atoms with Gasteiger partial charge in [0.05, 0.1) is 0 Å². The third-order valence-corrected chi connectivity index (χ3v) is 1.38. The zero-order chi connectivity index (χ0) is 8.27.